The Morgan fingerprint density at radius 1 is 1.20 bits per heavy atom. The molecule has 3 heterocycles. The number of thiophene rings is 2. The molecule has 1 amide bonds. The van der Waals surface area contributed by atoms with Crippen LogP contribution in [-0.2, 0) is 17.8 Å². The first-order valence-corrected chi connectivity index (χ1v) is 10.9. The van der Waals surface area contributed by atoms with Gasteiger partial charge in [0.25, 0.3) is 0 Å². The van der Waals surface area contributed by atoms with Gasteiger partial charge in [-0.1, -0.05) is 23.9 Å². The zero-order valence-electron chi connectivity index (χ0n) is 13.6. The molecule has 0 atom stereocenters. The van der Waals surface area contributed by atoms with Gasteiger partial charge in [0.1, 0.15) is 5.82 Å². The number of nitrogens with zero attached hydrogens (tertiary/aromatic N) is 3. The van der Waals surface area contributed by atoms with E-state index in [4.69, 9.17) is 0 Å². The summed E-state index contributed by atoms with van der Waals surface area (Å²) in [5.74, 6) is 1.41. The third-order valence-corrected chi connectivity index (χ3v) is 6.63. The number of carbonyl (C=O) groups excluding carboxylic acids is 1. The highest BCUT2D eigenvalue weighted by Gasteiger charge is 2.29. The normalized spacial score (nSPS) is 13.9. The molecule has 8 heteroatoms. The van der Waals surface area contributed by atoms with Crippen LogP contribution < -0.4 is 5.32 Å². The Hall–Kier alpha value is -1.64. The van der Waals surface area contributed by atoms with Gasteiger partial charge in [0.2, 0.25) is 5.91 Å². The van der Waals surface area contributed by atoms with E-state index in [1.807, 2.05) is 17.5 Å². The minimum Gasteiger partial charge on any atom is -0.350 e. The van der Waals surface area contributed by atoms with Crippen molar-refractivity contribution < 1.29 is 4.79 Å². The number of nitrogens with one attached hydrogen (secondary N) is 1. The molecular formula is C17H18N4OS3. The van der Waals surface area contributed by atoms with Gasteiger partial charge in [-0.25, -0.2) is 0 Å². The number of hydrogen-bond acceptors (Lipinski definition) is 6. The molecule has 3 aromatic heterocycles. The molecule has 0 bridgehead atoms. The maximum Gasteiger partial charge on any atom is 0.230 e. The summed E-state index contributed by atoms with van der Waals surface area (Å²) in [5.41, 5.74) is 0. The van der Waals surface area contributed by atoms with Crippen molar-refractivity contribution in [3.05, 3.63) is 50.6 Å². The Balaban J connectivity index is 1.37. The molecule has 3 aromatic rings. The predicted molar refractivity (Wildman–Crippen MR) is 102 cm³/mol. The average Bonchev–Trinajstić information content (AvgIpc) is 3.05. The van der Waals surface area contributed by atoms with Crippen molar-refractivity contribution >= 4 is 40.3 Å². The third kappa shape index (κ3) is 4.31. The van der Waals surface area contributed by atoms with Gasteiger partial charge >= 0.3 is 0 Å². The van der Waals surface area contributed by atoms with Crippen LogP contribution in [0.4, 0.5) is 0 Å². The lowest BCUT2D eigenvalue weighted by Gasteiger charge is -2.08. The van der Waals surface area contributed by atoms with E-state index in [0.717, 1.165) is 22.3 Å². The van der Waals surface area contributed by atoms with Gasteiger partial charge in [-0.15, -0.1) is 32.9 Å². The van der Waals surface area contributed by atoms with Crippen LogP contribution in [-0.4, -0.2) is 26.4 Å². The summed E-state index contributed by atoms with van der Waals surface area (Å²) in [6, 6.07) is 8.71. The van der Waals surface area contributed by atoms with E-state index >= 15 is 0 Å². The molecule has 0 saturated heterocycles. The van der Waals surface area contributed by atoms with E-state index in [0.29, 0.717) is 18.3 Å². The predicted octanol–water partition coefficient (Wildman–Crippen LogP) is 3.74. The van der Waals surface area contributed by atoms with E-state index in [1.54, 1.807) is 22.7 Å². The number of amides is 1. The zero-order valence-corrected chi connectivity index (χ0v) is 16.0. The highest BCUT2D eigenvalue weighted by Crippen LogP contribution is 2.39. The van der Waals surface area contributed by atoms with Gasteiger partial charge in [0.05, 0.1) is 12.3 Å². The second-order valence-corrected chi connectivity index (χ2v) is 8.91. The quantitative estimate of drug-likeness (QED) is 0.595. The molecular weight excluding hydrogens is 372 g/mol. The third-order valence-electron chi connectivity index (χ3n) is 3.93. The number of thioether (sulfide) groups is 1. The number of hydrogen-bond donors (Lipinski definition) is 1. The topological polar surface area (TPSA) is 59.8 Å². The fourth-order valence-corrected chi connectivity index (χ4v) is 4.78. The summed E-state index contributed by atoms with van der Waals surface area (Å²) in [6.07, 6.45) is 3.16. The van der Waals surface area contributed by atoms with Crippen LogP contribution in [0.5, 0.6) is 0 Å². The molecule has 0 spiro atoms. The van der Waals surface area contributed by atoms with E-state index in [-0.39, 0.29) is 5.91 Å². The van der Waals surface area contributed by atoms with Crippen molar-refractivity contribution in [2.45, 2.75) is 37.0 Å². The van der Waals surface area contributed by atoms with Gasteiger partial charge in [-0.3, -0.25) is 4.79 Å². The number of aromatic nitrogens is 3. The Morgan fingerprint density at radius 3 is 2.64 bits per heavy atom. The summed E-state index contributed by atoms with van der Waals surface area (Å²) >= 11 is 4.87. The average molecular weight is 391 g/mol. The largest absolute Gasteiger partial charge is 0.350 e. The Bertz CT molecular complexity index is 822. The maximum absolute atomic E-state index is 12.1. The molecule has 1 fully saturated rings. The van der Waals surface area contributed by atoms with Crippen LogP contribution in [0.3, 0.4) is 0 Å². The molecule has 5 nitrogen and oxygen atoms in total. The summed E-state index contributed by atoms with van der Waals surface area (Å²) in [5, 5.41) is 16.6. The molecule has 1 aliphatic carbocycles. The lowest BCUT2D eigenvalue weighted by atomic mass is 10.3. The Kier molecular flexibility index (Phi) is 5.19. The van der Waals surface area contributed by atoms with Gasteiger partial charge in [-0.2, -0.15) is 0 Å². The number of carbonyl (C=O) groups is 1. The van der Waals surface area contributed by atoms with Crippen LogP contribution in [0, 0.1) is 0 Å². The standard InChI is InChI=1S/C17H18N4OS3/c22-16(18-10-14-4-2-8-24-14)11-25-17-20-19-15(21(17)12-5-6-12)9-13-3-1-7-23-13/h1-4,7-8,12H,5-6,9-11H2,(H,18,22). The summed E-state index contributed by atoms with van der Waals surface area (Å²) in [6.45, 7) is 0.593. The highest BCUT2D eigenvalue weighted by atomic mass is 32.2. The second-order valence-electron chi connectivity index (χ2n) is 5.90. The lowest BCUT2D eigenvalue weighted by Crippen LogP contribution is -2.24. The first-order chi connectivity index (χ1) is 12.3. The van der Waals surface area contributed by atoms with Crippen molar-refractivity contribution in [1.29, 1.82) is 0 Å². The van der Waals surface area contributed by atoms with Gasteiger partial charge < -0.3 is 9.88 Å². The molecule has 1 aliphatic rings. The maximum atomic E-state index is 12.1. The fourth-order valence-electron chi connectivity index (χ4n) is 2.57. The molecule has 25 heavy (non-hydrogen) atoms. The first kappa shape index (κ1) is 16.8. The summed E-state index contributed by atoms with van der Waals surface area (Å²) in [7, 11) is 0. The highest BCUT2D eigenvalue weighted by molar-refractivity contribution is 7.99. The summed E-state index contributed by atoms with van der Waals surface area (Å²) < 4.78 is 2.23. The lowest BCUT2D eigenvalue weighted by molar-refractivity contribution is -0.118. The zero-order chi connectivity index (χ0) is 17.1. The smallest absolute Gasteiger partial charge is 0.230 e. The van der Waals surface area contributed by atoms with Crippen molar-refractivity contribution in [2.75, 3.05) is 5.75 Å². The fraction of sp³-hybridized carbons (Fsp3) is 0.353. The van der Waals surface area contributed by atoms with E-state index in [1.165, 1.54) is 29.5 Å². The Labute approximate surface area is 158 Å². The first-order valence-electron chi connectivity index (χ1n) is 8.17. The van der Waals surface area contributed by atoms with Crippen LogP contribution in [0.25, 0.3) is 0 Å². The molecule has 1 N–H and O–H groups in total. The van der Waals surface area contributed by atoms with E-state index in [2.05, 4.69) is 37.6 Å². The van der Waals surface area contributed by atoms with Crippen LogP contribution in [0.1, 0.15) is 34.5 Å². The number of rotatable bonds is 8. The molecule has 0 radical (unpaired) electrons. The summed E-state index contributed by atoms with van der Waals surface area (Å²) in [4.78, 5) is 14.5. The van der Waals surface area contributed by atoms with Crippen molar-refractivity contribution in [1.82, 2.24) is 20.1 Å². The van der Waals surface area contributed by atoms with Gasteiger partial charge in [0.15, 0.2) is 5.16 Å². The van der Waals surface area contributed by atoms with Gasteiger partial charge in [-0.05, 0) is 35.7 Å². The molecule has 0 unspecified atom stereocenters. The van der Waals surface area contributed by atoms with Crippen LogP contribution >= 0.6 is 34.4 Å². The van der Waals surface area contributed by atoms with Crippen molar-refractivity contribution in [3.63, 3.8) is 0 Å². The van der Waals surface area contributed by atoms with Crippen molar-refractivity contribution in [2.24, 2.45) is 0 Å². The Morgan fingerprint density at radius 2 is 1.96 bits per heavy atom. The van der Waals surface area contributed by atoms with Crippen LogP contribution in [0.15, 0.2) is 40.2 Å². The van der Waals surface area contributed by atoms with E-state index in [9.17, 15) is 4.79 Å². The molecule has 130 valence electrons. The van der Waals surface area contributed by atoms with Crippen molar-refractivity contribution in [3.8, 4) is 0 Å². The molecule has 0 aromatic carbocycles. The molecule has 0 aliphatic heterocycles. The molecule has 1 saturated carbocycles. The SMILES string of the molecule is O=C(CSc1nnc(Cc2cccs2)n1C1CC1)NCc1cccs1. The second kappa shape index (κ2) is 7.72. The minimum absolute atomic E-state index is 0.0311. The van der Waals surface area contributed by atoms with E-state index < -0.39 is 0 Å². The minimum atomic E-state index is 0.0311. The molecule has 4 rings (SSSR count). The monoisotopic (exact) mass is 390 g/mol. The van der Waals surface area contributed by atoms with Gasteiger partial charge in [0, 0.05) is 22.2 Å². The van der Waals surface area contributed by atoms with Crippen LogP contribution in [0.2, 0.25) is 0 Å².